The summed E-state index contributed by atoms with van der Waals surface area (Å²) in [6.45, 7) is 0.539. The third-order valence-corrected chi connectivity index (χ3v) is 7.19. The summed E-state index contributed by atoms with van der Waals surface area (Å²) in [5, 5.41) is 0.750. The van der Waals surface area contributed by atoms with Gasteiger partial charge < -0.3 is 4.90 Å². The molecule has 28 heavy (non-hydrogen) atoms. The van der Waals surface area contributed by atoms with Crippen LogP contribution in [0.2, 0.25) is 0 Å². The SMILES string of the molecule is O=C(c1cc2ccc(F)cc2cn1)N1CCC(S(=O)(=O)Cc2ccccc2)C1. The standard InChI is InChI=1S/C21H19FN2O3S/c22-18-7-6-16-11-20(23-12-17(16)10-18)21(25)24-9-8-19(13-24)28(26,27)14-15-4-2-1-3-5-15/h1-7,10-12,19H,8-9,13-14H2. The first-order chi connectivity index (χ1) is 13.4. The fourth-order valence-electron chi connectivity index (χ4n) is 3.52. The molecule has 2 aromatic carbocycles. The maximum Gasteiger partial charge on any atom is 0.272 e. The van der Waals surface area contributed by atoms with E-state index in [4.69, 9.17) is 0 Å². The van der Waals surface area contributed by atoms with Crippen LogP contribution in [0.5, 0.6) is 0 Å². The van der Waals surface area contributed by atoms with Gasteiger partial charge in [0, 0.05) is 24.7 Å². The summed E-state index contributed by atoms with van der Waals surface area (Å²) in [5.41, 5.74) is 0.982. The molecule has 1 saturated heterocycles. The lowest BCUT2D eigenvalue weighted by atomic mass is 10.1. The highest BCUT2D eigenvalue weighted by Gasteiger charge is 2.35. The number of hydrogen-bond acceptors (Lipinski definition) is 4. The number of pyridine rings is 1. The first kappa shape index (κ1) is 18.6. The number of sulfone groups is 1. The van der Waals surface area contributed by atoms with Crippen LogP contribution in [-0.2, 0) is 15.6 Å². The molecule has 1 unspecified atom stereocenters. The normalized spacial score (nSPS) is 17.2. The van der Waals surface area contributed by atoms with Gasteiger partial charge in [-0.15, -0.1) is 0 Å². The number of likely N-dealkylation sites (tertiary alicyclic amines) is 1. The average Bonchev–Trinajstić information content (AvgIpc) is 3.19. The van der Waals surface area contributed by atoms with Gasteiger partial charge >= 0.3 is 0 Å². The van der Waals surface area contributed by atoms with E-state index in [1.165, 1.54) is 23.2 Å². The number of hydrogen-bond donors (Lipinski definition) is 0. The minimum Gasteiger partial charge on any atom is -0.336 e. The quantitative estimate of drug-likeness (QED) is 0.677. The van der Waals surface area contributed by atoms with Crippen LogP contribution in [0.15, 0.2) is 60.8 Å². The average molecular weight is 398 g/mol. The lowest BCUT2D eigenvalue weighted by molar-refractivity contribution is 0.0787. The van der Waals surface area contributed by atoms with Gasteiger partial charge in [0.25, 0.3) is 5.91 Å². The highest BCUT2D eigenvalue weighted by molar-refractivity contribution is 7.91. The Bertz CT molecular complexity index is 1130. The van der Waals surface area contributed by atoms with Crippen molar-refractivity contribution < 1.29 is 17.6 Å². The number of carbonyl (C=O) groups is 1. The minimum absolute atomic E-state index is 0.0275. The largest absolute Gasteiger partial charge is 0.336 e. The molecule has 0 bridgehead atoms. The number of carbonyl (C=O) groups excluding carboxylic acids is 1. The predicted octanol–water partition coefficient (Wildman–Crippen LogP) is 3.20. The molecule has 1 atom stereocenters. The van der Waals surface area contributed by atoms with Crippen LogP contribution < -0.4 is 0 Å². The third kappa shape index (κ3) is 3.75. The molecule has 3 aromatic rings. The molecule has 0 saturated carbocycles. The maximum atomic E-state index is 13.3. The van der Waals surface area contributed by atoms with Crippen LogP contribution in [0.3, 0.4) is 0 Å². The van der Waals surface area contributed by atoms with Gasteiger partial charge in [-0.1, -0.05) is 36.4 Å². The van der Waals surface area contributed by atoms with Crippen molar-refractivity contribution in [2.24, 2.45) is 0 Å². The van der Waals surface area contributed by atoms with Crippen molar-refractivity contribution in [3.05, 3.63) is 77.9 Å². The highest BCUT2D eigenvalue weighted by Crippen LogP contribution is 2.23. The molecule has 4 rings (SSSR count). The zero-order valence-corrected chi connectivity index (χ0v) is 15.9. The van der Waals surface area contributed by atoms with Gasteiger partial charge in [-0.05, 0) is 35.6 Å². The molecule has 1 aliphatic rings. The van der Waals surface area contributed by atoms with Crippen LogP contribution in [-0.4, -0.2) is 42.5 Å². The fraction of sp³-hybridized carbons (Fsp3) is 0.238. The van der Waals surface area contributed by atoms with Crippen LogP contribution in [0, 0.1) is 5.82 Å². The summed E-state index contributed by atoms with van der Waals surface area (Å²) < 4.78 is 38.7. The molecule has 2 heterocycles. The molecule has 7 heteroatoms. The topological polar surface area (TPSA) is 67.3 Å². The van der Waals surface area contributed by atoms with Crippen LogP contribution in [0.25, 0.3) is 10.8 Å². The molecular formula is C21H19FN2O3S. The van der Waals surface area contributed by atoms with Gasteiger partial charge in [0.2, 0.25) is 0 Å². The molecule has 144 valence electrons. The van der Waals surface area contributed by atoms with E-state index in [1.54, 1.807) is 24.3 Å². The molecule has 1 aromatic heterocycles. The Hall–Kier alpha value is -2.80. The smallest absolute Gasteiger partial charge is 0.272 e. The predicted molar refractivity (Wildman–Crippen MR) is 105 cm³/mol. The number of rotatable bonds is 4. The van der Waals surface area contributed by atoms with Gasteiger partial charge in [-0.2, -0.15) is 0 Å². The van der Waals surface area contributed by atoms with Crippen molar-refractivity contribution in [1.29, 1.82) is 0 Å². The Kier molecular flexibility index (Phi) is 4.85. The van der Waals surface area contributed by atoms with E-state index in [1.807, 2.05) is 18.2 Å². The summed E-state index contributed by atoms with van der Waals surface area (Å²) in [6, 6.07) is 14.9. The van der Waals surface area contributed by atoms with Gasteiger partial charge in [0.15, 0.2) is 9.84 Å². The lowest BCUT2D eigenvalue weighted by Gasteiger charge is -2.16. The van der Waals surface area contributed by atoms with Gasteiger partial charge in [0.05, 0.1) is 11.0 Å². The number of nitrogens with zero attached hydrogens (tertiary/aromatic N) is 2. The number of aromatic nitrogens is 1. The summed E-state index contributed by atoms with van der Waals surface area (Å²) >= 11 is 0. The Morgan fingerprint density at radius 3 is 2.68 bits per heavy atom. The van der Waals surface area contributed by atoms with Crippen LogP contribution in [0.4, 0.5) is 4.39 Å². The molecule has 0 radical (unpaired) electrons. The van der Waals surface area contributed by atoms with E-state index in [9.17, 15) is 17.6 Å². The monoisotopic (exact) mass is 398 g/mol. The minimum atomic E-state index is -3.36. The molecule has 1 aliphatic heterocycles. The lowest BCUT2D eigenvalue weighted by Crippen LogP contribution is -2.32. The Morgan fingerprint density at radius 1 is 1.11 bits per heavy atom. The maximum absolute atomic E-state index is 13.3. The van der Waals surface area contributed by atoms with Crippen LogP contribution >= 0.6 is 0 Å². The molecule has 1 fully saturated rings. The van der Waals surface area contributed by atoms with Crippen molar-refractivity contribution in [2.45, 2.75) is 17.4 Å². The number of fused-ring (bicyclic) bond motifs is 1. The second-order valence-electron chi connectivity index (χ2n) is 7.02. The third-order valence-electron chi connectivity index (χ3n) is 5.05. The van der Waals surface area contributed by atoms with E-state index in [0.717, 1.165) is 5.56 Å². The van der Waals surface area contributed by atoms with Gasteiger partial charge in [-0.3, -0.25) is 9.78 Å². The molecule has 1 amide bonds. The number of amides is 1. The number of benzene rings is 2. The molecule has 0 N–H and O–H groups in total. The summed E-state index contributed by atoms with van der Waals surface area (Å²) in [5.74, 6) is -0.691. The Morgan fingerprint density at radius 2 is 1.89 bits per heavy atom. The van der Waals surface area contributed by atoms with Gasteiger partial charge in [-0.25, -0.2) is 12.8 Å². The summed E-state index contributed by atoms with van der Waals surface area (Å²) in [4.78, 5) is 18.5. The number of halogens is 1. The highest BCUT2D eigenvalue weighted by atomic mass is 32.2. The molecule has 5 nitrogen and oxygen atoms in total. The van der Waals surface area contributed by atoms with E-state index in [2.05, 4.69) is 4.98 Å². The summed E-state index contributed by atoms with van der Waals surface area (Å²) in [6.07, 6.45) is 1.88. The summed E-state index contributed by atoms with van der Waals surface area (Å²) in [7, 11) is -3.36. The first-order valence-electron chi connectivity index (χ1n) is 9.02. The zero-order valence-electron chi connectivity index (χ0n) is 15.1. The Balaban J connectivity index is 1.49. The van der Waals surface area contributed by atoms with E-state index in [-0.39, 0.29) is 29.7 Å². The molecular weight excluding hydrogens is 379 g/mol. The first-order valence-corrected chi connectivity index (χ1v) is 10.7. The Labute approximate surface area is 162 Å². The zero-order chi connectivity index (χ0) is 19.7. The molecule has 0 spiro atoms. The van der Waals surface area contributed by atoms with Crippen molar-refractivity contribution in [2.75, 3.05) is 13.1 Å². The fourth-order valence-corrected chi connectivity index (χ4v) is 5.29. The van der Waals surface area contributed by atoms with Gasteiger partial charge in [0.1, 0.15) is 11.5 Å². The van der Waals surface area contributed by atoms with E-state index < -0.39 is 15.1 Å². The van der Waals surface area contributed by atoms with Crippen molar-refractivity contribution in [3.63, 3.8) is 0 Å². The van der Waals surface area contributed by atoms with E-state index >= 15 is 0 Å². The van der Waals surface area contributed by atoms with Crippen LogP contribution in [0.1, 0.15) is 22.5 Å². The van der Waals surface area contributed by atoms with E-state index in [0.29, 0.717) is 23.7 Å². The second kappa shape index (κ2) is 7.31. The second-order valence-corrected chi connectivity index (χ2v) is 9.30. The molecule has 0 aliphatic carbocycles. The van der Waals surface area contributed by atoms with Crippen molar-refractivity contribution >= 4 is 26.5 Å². The van der Waals surface area contributed by atoms with Crippen molar-refractivity contribution in [3.8, 4) is 0 Å². The van der Waals surface area contributed by atoms with Crippen molar-refractivity contribution in [1.82, 2.24) is 9.88 Å².